The largest absolute Gasteiger partial charge is 0.416 e. The molecule has 0 aromatic rings. The summed E-state index contributed by atoms with van der Waals surface area (Å²) in [5, 5.41) is 2.98. The Balaban J connectivity index is 2.35. The number of nitrogens with one attached hydrogen (secondary N) is 1. The molecule has 0 saturated carbocycles. The van der Waals surface area contributed by atoms with Crippen LogP contribution in [0.2, 0.25) is 0 Å². The van der Waals surface area contributed by atoms with Crippen molar-refractivity contribution < 1.29 is 18.0 Å². The summed E-state index contributed by atoms with van der Waals surface area (Å²) in [6.07, 6.45) is -0.812. The number of halogens is 3. The summed E-state index contributed by atoms with van der Waals surface area (Å²) in [6, 6.07) is -0.316. The number of allylic oxidation sites excluding steroid dienone is 4. The van der Waals surface area contributed by atoms with Gasteiger partial charge in [0, 0.05) is 17.3 Å². The molecular formula is C11H10F3NO. The molecule has 2 nitrogen and oxygen atoms in total. The van der Waals surface area contributed by atoms with Crippen LogP contribution in [-0.4, -0.2) is 18.0 Å². The lowest BCUT2D eigenvalue weighted by atomic mass is 9.88. The molecule has 16 heavy (non-hydrogen) atoms. The van der Waals surface area contributed by atoms with Crippen molar-refractivity contribution in [1.82, 2.24) is 5.32 Å². The third kappa shape index (κ3) is 1.89. The first-order valence-electron chi connectivity index (χ1n) is 4.86. The van der Waals surface area contributed by atoms with Gasteiger partial charge in [0.1, 0.15) is 0 Å². The summed E-state index contributed by atoms with van der Waals surface area (Å²) in [6.45, 7) is 1.72. The average Bonchev–Trinajstić information content (AvgIpc) is 2.15. The van der Waals surface area contributed by atoms with Crippen LogP contribution < -0.4 is 5.32 Å². The van der Waals surface area contributed by atoms with Crippen LogP contribution in [0.4, 0.5) is 13.2 Å². The fourth-order valence-corrected chi connectivity index (χ4v) is 1.87. The summed E-state index contributed by atoms with van der Waals surface area (Å²) in [5.74, 6) is -0.337. The number of hydrogen-bond acceptors (Lipinski definition) is 2. The quantitative estimate of drug-likeness (QED) is 0.690. The highest BCUT2D eigenvalue weighted by atomic mass is 19.4. The fourth-order valence-electron chi connectivity index (χ4n) is 1.87. The van der Waals surface area contributed by atoms with Crippen LogP contribution in [-0.2, 0) is 4.79 Å². The van der Waals surface area contributed by atoms with E-state index in [9.17, 15) is 18.0 Å². The van der Waals surface area contributed by atoms with Gasteiger partial charge in [0.25, 0.3) is 0 Å². The molecule has 0 radical (unpaired) electrons. The van der Waals surface area contributed by atoms with Crippen molar-refractivity contribution >= 4 is 5.78 Å². The lowest BCUT2D eigenvalue weighted by Gasteiger charge is -2.28. The third-order valence-corrected chi connectivity index (χ3v) is 2.62. The number of carbonyl (C=O) groups is 1. The molecule has 2 rings (SSSR count). The normalized spacial score (nSPS) is 25.1. The predicted octanol–water partition coefficient (Wildman–Crippen LogP) is 2.25. The number of ketones is 1. The van der Waals surface area contributed by atoms with E-state index in [4.69, 9.17) is 0 Å². The molecule has 5 heteroatoms. The van der Waals surface area contributed by atoms with Gasteiger partial charge in [0.2, 0.25) is 0 Å². The Morgan fingerprint density at radius 3 is 2.69 bits per heavy atom. The monoisotopic (exact) mass is 229 g/mol. The van der Waals surface area contributed by atoms with E-state index in [2.05, 4.69) is 5.32 Å². The zero-order valence-electron chi connectivity index (χ0n) is 8.56. The molecule has 1 aliphatic heterocycles. The standard InChI is InChI=1S/C11H10F3NO/c1-6-4-10(16)8-5-7(11(12,13)14)2-3-9(8)15-6/h2,4-5,9,15H,3H2,1H3. The summed E-state index contributed by atoms with van der Waals surface area (Å²) < 4.78 is 37.3. The Bertz CT molecular complexity index is 429. The second-order valence-electron chi connectivity index (χ2n) is 3.88. The lowest BCUT2D eigenvalue weighted by molar-refractivity contribution is -0.112. The molecule has 0 aromatic heterocycles. The molecule has 0 saturated heterocycles. The Morgan fingerprint density at radius 1 is 1.38 bits per heavy atom. The predicted molar refractivity (Wildman–Crippen MR) is 52.5 cm³/mol. The Labute approximate surface area is 90.5 Å². The molecule has 0 spiro atoms. The Morgan fingerprint density at radius 2 is 2.06 bits per heavy atom. The molecule has 0 amide bonds. The highest BCUT2D eigenvalue weighted by molar-refractivity contribution is 6.06. The van der Waals surface area contributed by atoms with E-state index < -0.39 is 11.7 Å². The first-order valence-corrected chi connectivity index (χ1v) is 4.86. The van der Waals surface area contributed by atoms with Gasteiger partial charge in [-0.05, 0) is 19.4 Å². The van der Waals surface area contributed by atoms with Crippen LogP contribution in [0.1, 0.15) is 13.3 Å². The van der Waals surface area contributed by atoms with Crippen LogP contribution in [0.25, 0.3) is 0 Å². The van der Waals surface area contributed by atoms with Gasteiger partial charge in [0.05, 0.1) is 11.6 Å². The van der Waals surface area contributed by atoms with Gasteiger partial charge >= 0.3 is 6.18 Å². The van der Waals surface area contributed by atoms with Crippen LogP contribution in [0, 0.1) is 0 Å². The third-order valence-electron chi connectivity index (χ3n) is 2.62. The summed E-state index contributed by atoms with van der Waals surface area (Å²) in [7, 11) is 0. The van der Waals surface area contributed by atoms with Crippen LogP contribution in [0.5, 0.6) is 0 Å². The molecular weight excluding hydrogens is 219 g/mol. The minimum absolute atomic E-state index is 0.192. The first-order chi connectivity index (χ1) is 7.38. The fraction of sp³-hybridized carbons (Fsp3) is 0.364. The van der Waals surface area contributed by atoms with Gasteiger partial charge in [-0.1, -0.05) is 6.08 Å². The van der Waals surface area contributed by atoms with E-state index in [1.165, 1.54) is 6.08 Å². The number of hydrogen-bond donors (Lipinski definition) is 1. The molecule has 2 aliphatic rings. The summed E-state index contributed by atoms with van der Waals surface area (Å²) >= 11 is 0. The van der Waals surface area contributed by atoms with E-state index in [-0.39, 0.29) is 23.8 Å². The highest BCUT2D eigenvalue weighted by Gasteiger charge is 2.36. The lowest BCUT2D eigenvalue weighted by Crippen LogP contribution is -2.38. The van der Waals surface area contributed by atoms with Gasteiger partial charge in [-0.2, -0.15) is 13.2 Å². The van der Waals surface area contributed by atoms with E-state index >= 15 is 0 Å². The highest BCUT2D eigenvalue weighted by Crippen LogP contribution is 2.33. The van der Waals surface area contributed by atoms with Crippen molar-refractivity contribution in [3.63, 3.8) is 0 Å². The number of fused-ring (bicyclic) bond motifs is 1. The van der Waals surface area contributed by atoms with Crippen molar-refractivity contribution in [3.8, 4) is 0 Å². The maximum absolute atomic E-state index is 12.4. The van der Waals surface area contributed by atoms with Crippen LogP contribution in [0.3, 0.4) is 0 Å². The SMILES string of the molecule is CC1=CC(=O)C2=CC(C(F)(F)F)=CCC2N1. The minimum Gasteiger partial charge on any atom is -0.381 e. The summed E-state index contributed by atoms with van der Waals surface area (Å²) in [5.41, 5.74) is 0.151. The Kier molecular flexibility index (Phi) is 2.40. The van der Waals surface area contributed by atoms with Crippen molar-refractivity contribution in [2.24, 2.45) is 0 Å². The van der Waals surface area contributed by atoms with Crippen LogP contribution in [0.15, 0.2) is 35.1 Å². The molecule has 1 atom stereocenters. The first kappa shape index (κ1) is 11.0. The zero-order valence-corrected chi connectivity index (χ0v) is 8.56. The number of rotatable bonds is 0. The van der Waals surface area contributed by atoms with E-state index in [0.717, 1.165) is 12.2 Å². The van der Waals surface area contributed by atoms with Crippen LogP contribution >= 0.6 is 0 Å². The molecule has 0 aromatic carbocycles. The molecule has 0 bridgehead atoms. The molecule has 1 heterocycles. The number of carbonyl (C=O) groups excluding carboxylic acids is 1. The van der Waals surface area contributed by atoms with E-state index in [0.29, 0.717) is 5.70 Å². The molecule has 1 aliphatic carbocycles. The summed E-state index contributed by atoms with van der Waals surface area (Å²) in [4.78, 5) is 11.5. The molecule has 1 unspecified atom stereocenters. The topological polar surface area (TPSA) is 29.1 Å². The minimum atomic E-state index is -4.38. The Hall–Kier alpha value is -1.52. The van der Waals surface area contributed by atoms with Gasteiger partial charge in [-0.25, -0.2) is 0 Å². The van der Waals surface area contributed by atoms with Crippen molar-refractivity contribution in [2.45, 2.75) is 25.6 Å². The molecule has 0 fully saturated rings. The second kappa shape index (κ2) is 3.50. The average molecular weight is 229 g/mol. The van der Waals surface area contributed by atoms with Crippen molar-refractivity contribution in [1.29, 1.82) is 0 Å². The van der Waals surface area contributed by atoms with E-state index in [1.807, 2.05) is 0 Å². The zero-order chi connectivity index (χ0) is 11.9. The molecule has 86 valence electrons. The van der Waals surface area contributed by atoms with Gasteiger partial charge in [-0.3, -0.25) is 4.79 Å². The van der Waals surface area contributed by atoms with Gasteiger partial charge < -0.3 is 5.32 Å². The second-order valence-corrected chi connectivity index (χ2v) is 3.88. The smallest absolute Gasteiger partial charge is 0.381 e. The number of alkyl halides is 3. The maximum atomic E-state index is 12.4. The van der Waals surface area contributed by atoms with Crippen molar-refractivity contribution in [2.75, 3.05) is 0 Å². The van der Waals surface area contributed by atoms with Gasteiger partial charge in [0.15, 0.2) is 5.78 Å². The van der Waals surface area contributed by atoms with Gasteiger partial charge in [-0.15, -0.1) is 0 Å². The van der Waals surface area contributed by atoms with Crippen molar-refractivity contribution in [3.05, 3.63) is 35.1 Å². The molecule has 1 N–H and O–H groups in total. The maximum Gasteiger partial charge on any atom is 0.416 e. The van der Waals surface area contributed by atoms with E-state index in [1.54, 1.807) is 6.92 Å².